The van der Waals surface area contributed by atoms with Gasteiger partial charge in [-0.25, -0.2) is 0 Å². The molecule has 0 unspecified atom stereocenters. The van der Waals surface area contributed by atoms with Gasteiger partial charge in [-0.1, -0.05) is 19.1 Å². The first-order valence-electron chi connectivity index (χ1n) is 8.44. The first kappa shape index (κ1) is 18.3. The van der Waals surface area contributed by atoms with Gasteiger partial charge in [0, 0.05) is 39.5 Å². The van der Waals surface area contributed by atoms with Crippen molar-refractivity contribution in [3.8, 4) is 5.75 Å². The molecule has 1 atom stereocenters. The number of hydrogen-bond acceptors (Lipinski definition) is 4. The van der Waals surface area contributed by atoms with Crippen molar-refractivity contribution < 1.29 is 14.3 Å². The molecule has 1 heterocycles. The van der Waals surface area contributed by atoms with Crippen molar-refractivity contribution in [3.63, 3.8) is 0 Å². The Hall–Kier alpha value is -2.08. The van der Waals surface area contributed by atoms with Crippen LogP contribution in [0.4, 0.5) is 0 Å². The highest BCUT2D eigenvalue weighted by molar-refractivity contribution is 5.87. The molecular formula is C18H27N3O3. The highest BCUT2D eigenvalue weighted by Crippen LogP contribution is 2.15. The molecular weight excluding hydrogens is 306 g/mol. The van der Waals surface area contributed by atoms with Crippen LogP contribution in [-0.2, 0) is 16.0 Å². The van der Waals surface area contributed by atoms with Gasteiger partial charge >= 0.3 is 0 Å². The maximum absolute atomic E-state index is 12.8. The van der Waals surface area contributed by atoms with Crippen LogP contribution in [0.15, 0.2) is 24.3 Å². The van der Waals surface area contributed by atoms with Gasteiger partial charge in [0.05, 0.1) is 7.11 Å². The maximum atomic E-state index is 12.8. The minimum atomic E-state index is -0.539. The van der Waals surface area contributed by atoms with Crippen LogP contribution in [0.2, 0.25) is 0 Å². The van der Waals surface area contributed by atoms with E-state index in [4.69, 9.17) is 4.74 Å². The summed E-state index contributed by atoms with van der Waals surface area (Å²) in [7, 11) is 1.61. The Bertz CT molecular complexity index is 568. The van der Waals surface area contributed by atoms with Crippen LogP contribution < -0.4 is 10.1 Å². The molecule has 0 saturated carbocycles. The summed E-state index contributed by atoms with van der Waals surface area (Å²) in [5.74, 6) is 0.547. The molecule has 0 radical (unpaired) electrons. The predicted molar refractivity (Wildman–Crippen MR) is 93.0 cm³/mol. The number of ether oxygens (including phenoxy) is 1. The molecule has 1 N–H and O–H groups in total. The van der Waals surface area contributed by atoms with Gasteiger partial charge in [0.1, 0.15) is 11.8 Å². The zero-order chi connectivity index (χ0) is 17.5. The van der Waals surface area contributed by atoms with Gasteiger partial charge in [0.25, 0.3) is 0 Å². The smallest absolute Gasteiger partial charge is 0.245 e. The lowest BCUT2D eigenvalue weighted by Gasteiger charge is -2.36. The monoisotopic (exact) mass is 333 g/mol. The van der Waals surface area contributed by atoms with Crippen molar-refractivity contribution in [2.24, 2.45) is 0 Å². The molecule has 1 aromatic rings. The van der Waals surface area contributed by atoms with E-state index >= 15 is 0 Å². The predicted octanol–water partition coefficient (Wildman–Crippen LogP) is 0.906. The van der Waals surface area contributed by atoms with Gasteiger partial charge in [-0.3, -0.25) is 9.59 Å². The number of amides is 2. The molecule has 6 nitrogen and oxygen atoms in total. The minimum Gasteiger partial charge on any atom is -0.497 e. The van der Waals surface area contributed by atoms with Gasteiger partial charge in [-0.05, 0) is 24.2 Å². The number of carbonyl (C=O) groups excluding carboxylic acids is 2. The van der Waals surface area contributed by atoms with Crippen molar-refractivity contribution in [2.45, 2.75) is 26.3 Å². The fourth-order valence-corrected chi connectivity index (χ4v) is 2.99. The number of carbonyl (C=O) groups is 2. The van der Waals surface area contributed by atoms with Crippen LogP contribution in [0.3, 0.4) is 0 Å². The number of benzene rings is 1. The van der Waals surface area contributed by atoms with E-state index in [9.17, 15) is 9.59 Å². The average molecular weight is 333 g/mol. The summed E-state index contributed by atoms with van der Waals surface area (Å²) in [5.41, 5.74) is 0.966. The van der Waals surface area contributed by atoms with Gasteiger partial charge < -0.3 is 19.9 Å². The second-order valence-electron chi connectivity index (χ2n) is 6.07. The van der Waals surface area contributed by atoms with Crippen molar-refractivity contribution in [1.29, 1.82) is 0 Å². The summed E-state index contributed by atoms with van der Waals surface area (Å²) in [5, 5.41) is 2.80. The zero-order valence-corrected chi connectivity index (χ0v) is 14.7. The number of hydrogen-bond donors (Lipinski definition) is 1. The minimum absolute atomic E-state index is 0.0104. The Morgan fingerprint density at radius 3 is 2.54 bits per heavy atom. The van der Waals surface area contributed by atoms with Crippen LogP contribution in [0.25, 0.3) is 0 Å². The van der Waals surface area contributed by atoms with E-state index in [1.54, 1.807) is 7.11 Å². The van der Waals surface area contributed by atoms with Crippen molar-refractivity contribution in [2.75, 3.05) is 39.8 Å². The molecule has 0 bridgehead atoms. The summed E-state index contributed by atoms with van der Waals surface area (Å²) >= 11 is 0. The molecule has 132 valence electrons. The van der Waals surface area contributed by atoms with Crippen LogP contribution in [-0.4, -0.2) is 67.5 Å². The first-order chi connectivity index (χ1) is 11.5. The summed E-state index contributed by atoms with van der Waals surface area (Å²) in [6.45, 7) is 7.76. The van der Waals surface area contributed by atoms with E-state index in [0.29, 0.717) is 19.5 Å². The van der Waals surface area contributed by atoms with Crippen molar-refractivity contribution >= 4 is 11.8 Å². The number of methoxy groups -OCH3 is 1. The third-order valence-corrected chi connectivity index (χ3v) is 4.38. The van der Waals surface area contributed by atoms with Crippen molar-refractivity contribution in [3.05, 3.63) is 29.8 Å². The topological polar surface area (TPSA) is 61.9 Å². The van der Waals surface area contributed by atoms with Crippen LogP contribution in [0.1, 0.15) is 19.4 Å². The quantitative estimate of drug-likeness (QED) is 0.840. The first-order valence-corrected chi connectivity index (χ1v) is 8.44. The summed E-state index contributed by atoms with van der Waals surface area (Å²) in [6.07, 6.45) is 0.462. The summed E-state index contributed by atoms with van der Waals surface area (Å²) in [6, 6.07) is 7.06. The normalized spacial score (nSPS) is 16.5. The molecule has 1 fully saturated rings. The van der Waals surface area contributed by atoms with Crippen LogP contribution >= 0.6 is 0 Å². The fourth-order valence-electron chi connectivity index (χ4n) is 2.99. The maximum Gasteiger partial charge on any atom is 0.245 e. The summed E-state index contributed by atoms with van der Waals surface area (Å²) in [4.78, 5) is 28.6. The molecule has 2 rings (SSSR count). The Morgan fingerprint density at radius 2 is 1.96 bits per heavy atom. The number of piperazine rings is 1. The van der Waals surface area contributed by atoms with Gasteiger partial charge in [0.2, 0.25) is 11.8 Å². The van der Waals surface area contributed by atoms with Gasteiger partial charge in [-0.15, -0.1) is 0 Å². The largest absolute Gasteiger partial charge is 0.497 e. The molecule has 2 amide bonds. The number of rotatable bonds is 6. The lowest BCUT2D eigenvalue weighted by molar-refractivity contribution is -0.137. The SMILES string of the molecule is CCN1CCN(C(=O)[C@@H](Cc2cccc(OC)c2)NC(C)=O)CC1. The van der Waals surface area contributed by atoms with Gasteiger partial charge in [0.15, 0.2) is 0 Å². The highest BCUT2D eigenvalue weighted by Gasteiger charge is 2.28. The van der Waals surface area contributed by atoms with Crippen LogP contribution in [0, 0.1) is 0 Å². The Balaban J connectivity index is 2.06. The van der Waals surface area contributed by atoms with E-state index < -0.39 is 6.04 Å². The van der Waals surface area contributed by atoms with E-state index in [-0.39, 0.29) is 11.8 Å². The molecule has 1 aliphatic rings. The molecule has 1 aromatic carbocycles. The lowest BCUT2D eigenvalue weighted by Crippen LogP contribution is -2.55. The molecule has 0 aromatic heterocycles. The third kappa shape index (κ3) is 4.96. The average Bonchev–Trinajstić information content (AvgIpc) is 2.60. The number of likely N-dealkylation sites (N-methyl/N-ethyl adjacent to an activating group) is 1. The van der Waals surface area contributed by atoms with E-state index in [2.05, 4.69) is 17.1 Å². The molecule has 24 heavy (non-hydrogen) atoms. The van der Waals surface area contributed by atoms with Gasteiger partial charge in [-0.2, -0.15) is 0 Å². The van der Waals surface area contributed by atoms with E-state index in [0.717, 1.165) is 30.9 Å². The molecule has 6 heteroatoms. The number of nitrogens with one attached hydrogen (secondary N) is 1. The van der Waals surface area contributed by atoms with Crippen LogP contribution in [0.5, 0.6) is 5.75 Å². The number of nitrogens with zero attached hydrogens (tertiary/aromatic N) is 2. The Morgan fingerprint density at radius 1 is 1.25 bits per heavy atom. The second kappa shape index (κ2) is 8.68. The molecule has 0 spiro atoms. The molecule has 1 saturated heterocycles. The lowest BCUT2D eigenvalue weighted by atomic mass is 10.0. The molecule has 0 aliphatic carbocycles. The fraction of sp³-hybridized carbons (Fsp3) is 0.556. The van der Waals surface area contributed by atoms with Crippen molar-refractivity contribution in [1.82, 2.24) is 15.1 Å². The highest BCUT2D eigenvalue weighted by atomic mass is 16.5. The zero-order valence-electron chi connectivity index (χ0n) is 14.7. The third-order valence-electron chi connectivity index (χ3n) is 4.38. The second-order valence-corrected chi connectivity index (χ2v) is 6.07. The standard InChI is InChI=1S/C18H27N3O3/c1-4-20-8-10-21(11-9-20)18(23)17(19-14(2)22)13-15-6-5-7-16(12-15)24-3/h5-7,12,17H,4,8-11,13H2,1-3H3,(H,19,22)/t17-/m1/s1. The Labute approximate surface area is 143 Å². The Kier molecular flexibility index (Phi) is 6.61. The summed E-state index contributed by atoms with van der Waals surface area (Å²) < 4.78 is 5.23. The van der Waals surface area contributed by atoms with E-state index in [1.807, 2.05) is 29.2 Å². The molecule has 1 aliphatic heterocycles. The van der Waals surface area contributed by atoms with E-state index in [1.165, 1.54) is 6.92 Å².